The van der Waals surface area contributed by atoms with Gasteiger partial charge in [-0.3, -0.25) is 4.79 Å². The molecule has 4 N–H and O–H groups in total. The molecule has 28 heavy (non-hydrogen) atoms. The number of likely N-dealkylation sites (N-methyl/N-ethyl adjacent to an activating group) is 1. The lowest BCUT2D eigenvalue weighted by atomic mass is 10.00. The number of esters is 1. The lowest BCUT2D eigenvalue weighted by Gasteiger charge is -2.29. The van der Waals surface area contributed by atoms with Crippen LogP contribution < -0.4 is 20.9 Å². The summed E-state index contributed by atoms with van der Waals surface area (Å²) < 4.78 is 18.3. The minimum absolute atomic E-state index is 0.0657. The maximum Gasteiger partial charge on any atom is 0.338 e. The summed E-state index contributed by atoms with van der Waals surface area (Å²) in [5.41, 5.74) is 1.17. The molecule has 0 spiro atoms. The van der Waals surface area contributed by atoms with Crippen molar-refractivity contribution in [2.45, 2.75) is 26.3 Å². The number of anilines is 1. The van der Waals surface area contributed by atoms with E-state index in [0.29, 0.717) is 23.4 Å². The Morgan fingerprint density at radius 2 is 2.07 bits per heavy atom. The molecule has 0 saturated carbocycles. The molecule has 152 valence electrons. The summed E-state index contributed by atoms with van der Waals surface area (Å²) in [5, 5.41) is 7.99. The molecule has 0 saturated heterocycles. The van der Waals surface area contributed by atoms with Crippen LogP contribution in [0, 0.1) is 5.82 Å². The molecule has 1 aromatic rings. The maximum absolute atomic E-state index is 13.2. The Morgan fingerprint density at radius 3 is 2.71 bits per heavy atom. The molecule has 0 fully saturated rings. The minimum atomic E-state index is -0.492. The van der Waals surface area contributed by atoms with Crippen LogP contribution in [0.15, 0.2) is 35.5 Å². The number of quaternary nitrogens is 1. The number of nitrogens with one attached hydrogen (secondary N) is 4. The Balaban J connectivity index is 2.09. The number of carbonyl (C=O) groups is 3. The first-order valence-corrected chi connectivity index (χ1v) is 9.18. The fraction of sp³-hybridized carbons (Fsp3) is 0.421. The summed E-state index contributed by atoms with van der Waals surface area (Å²) in [5.74, 6) is -1.24. The third-order valence-corrected chi connectivity index (χ3v) is 4.20. The summed E-state index contributed by atoms with van der Waals surface area (Å²) in [7, 11) is 1.76. The van der Waals surface area contributed by atoms with E-state index in [1.165, 1.54) is 18.2 Å². The molecular formula is C19H26FN4O4+. The van der Waals surface area contributed by atoms with Crippen molar-refractivity contribution in [1.82, 2.24) is 10.6 Å². The SMILES string of the molecule is CCOC(=O)C1=C(C[NH+](C)CC(=O)Nc2cccc(F)c2)NC(=O)N[C@H]1CC. The van der Waals surface area contributed by atoms with Gasteiger partial charge in [-0.1, -0.05) is 13.0 Å². The highest BCUT2D eigenvalue weighted by molar-refractivity contribution is 5.95. The average molecular weight is 393 g/mol. The number of amides is 3. The molecule has 1 unspecified atom stereocenters. The van der Waals surface area contributed by atoms with Crippen LogP contribution in [-0.4, -0.2) is 50.7 Å². The summed E-state index contributed by atoms with van der Waals surface area (Å²) in [4.78, 5) is 37.2. The zero-order valence-corrected chi connectivity index (χ0v) is 16.2. The predicted octanol–water partition coefficient (Wildman–Crippen LogP) is 0.188. The van der Waals surface area contributed by atoms with Gasteiger partial charge in [0.25, 0.3) is 5.91 Å². The van der Waals surface area contributed by atoms with Crippen molar-refractivity contribution in [3.63, 3.8) is 0 Å². The number of hydrogen-bond acceptors (Lipinski definition) is 4. The molecule has 2 atom stereocenters. The van der Waals surface area contributed by atoms with E-state index in [1.54, 1.807) is 20.0 Å². The first kappa shape index (κ1) is 21.4. The smallest absolute Gasteiger partial charge is 0.338 e. The Labute approximate surface area is 163 Å². The minimum Gasteiger partial charge on any atom is -0.463 e. The Hall–Kier alpha value is -2.94. The fourth-order valence-electron chi connectivity index (χ4n) is 3.01. The zero-order chi connectivity index (χ0) is 20.7. The van der Waals surface area contributed by atoms with Gasteiger partial charge in [0, 0.05) is 5.69 Å². The quantitative estimate of drug-likeness (QED) is 0.474. The van der Waals surface area contributed by atoms with E-state index in [1.807, 2.05) is 6.92 Å². The highest BCUT2D eigenvalue weighted by atomic mass is 19.1. The molecule has 1 heterocycles. The second-order valence-corrected chi connectivity index (χ2v) is 6.54. The fourth-order valence-corrected chi connectivity index (χ4v) is 3.01. The van der Waals surface area contributed by atoms with Gasteiger partial charge in [-0.25, -0.2) is 14.0 Å². The van der Waals surface area contributed by atoms with E-state index in [2.05, 4.69) is 16.0 Å². The normalized spacial score (nSPS) is 17.4. The first-order chi connectivity index (χ1) is 13.3. The maximum atomic E-state index is 13.2. The van der Waals surface area contributed by atoms with Gasteiger partial charge in [0.05, 0.1) is 31.0 Å². The Morgan fingerprint density at radius 1 is 1.32 bits per heavy atom. The molecular weight excluding hydrogens is 367 g/mol. The van der Waals surface area contributed by atoms with E-state index in [0.717, 1.165) is 4.90 Å². The number of urea groups is 1. The van der Waals surface area contributed by atoms with E-state index >= 15 is 0 Å². The molecule has 0 aromatic heterocycles. The average Bonchev–Trinajstić information content (AvgIpc) is 2.60. The van der Waals surface area contributed by atoms with Crippen LogP contribution >= 0.6 is 0 Å². The van der Waals surface area contributed by atoms with Crippen molar-refractivity contribution in [2.75, 3.05) is 32.1 Å². The van der Waals surface area contributed by atoms with Crippen LogP contribution in [0.5, 0.6) is 0 Å². The third-order valence-electron chi connectivity index (χ3n) is 4.20. The van der Waals surface area contributed by atoms with Crippen molar-refractivity contribution < 1.29 is 28.4 Å². The van der Waals surface area contributed by atoms with Crippen molar-refractivity contribution in [1.29, 1.82) is 0 Å². The van der Waals surface area contributed by atoms with Gasteiger partial charge >= 0.3 is 12.0 Å². The topological polar surface area (TPSA) is 101 Å². The van der Waals surface area contributed by atoms with E-state index in [4.69, 9.17) is 4.74 Å². The number of halogens is 1. The molecule has 8 nitrogen and oxygen atoms in total. The zero-order valence-electron chi connectivity index (χ0n) is 16.2. The van der Waals surface area contributed by atoms with Crippen molar-refractivity contribution in [3.8, 4) is 0 Å². The van der Waals surface area contributed by atoms with Gasteiger partial charge in [-0.05, 0) is 31.5 Å². The first-order valence-electron chi connectivity index (χ1n) is 9.18. The van der Waals surface area contributed by atoms with Crippen LogP contribution in [0.2, 0.25) is 0 Å². The molecule has 0 radical (unpaired) electrons. The number of carbonyl (C=O) groups excluding carboxylic acids is 3. The largest absolute Gasteiger partial charge is 0.463 e. The molecule has 0 bridgehead atoms. The molecule has 2 rings (SSSR count). The lowest BCUT2D eigenvalue weighted by Crippen LogP contribution is -3.10. The van der Waals surface area contributed by atoms with Gasteiger partial charge in [0.1, 0.15) is 12.4 Å². The Bertz CT molecular complexity index is 781. The number of ether oxygens (including phenoxy) is 1. The number of rotatable bonds is 8. The number of hydrogen-bond donors (Lipinski definition) is 4. The van der Waals surface area contributed by atoms with E-state index < -0.39 is 23.9 Å². The summed E-state index contributed by atoms with van der Waals surface area (Å²) in [6.45, 7) is 4.10. The molecule has 1 aromatic carbocycles. The van der Waals surface area contributed by atoms with Gasteiger partial charge in [0.15, 0.2) is 6.54 Å². The van der Waals surface area contributed by atoms with Crippen LogP contribution in [0.1, 0.15) is 20.3 Å². The second-order valence-electron chi connectivity index (χ2n) is 6.54. The highest BCUT2D eigenvalue weighted by Gasteiger charge is 2.33. The molecule has 3 amide bonds. The van der Waals surface area contributed by atoms with Crippen LogP contribution in [0.3, 0.4) is 0 Å². The summed E-state index contributed by atoms with van der Waals surface area (Å²) >= 11 is 0. The standard InChI is InChI=1S/C19H25FN4O4/c1-4-14-17(18(26)28-5-2)15(23-19(27)22-14)10-24(3)11-16(25)21-13-8-6-7-12(20)9-13/h6-9,14H,4-5,10-11H2,1-3H3,(H,21,25)(H2,22,23,27)/p+1/t14-/m0/s1. The van der Waals surface area contributed by atoms with Crippen LogP contribution in [-0.2, 0) is 14.3 Å². The highest BCUT2D eigenvalue weighted by Crippen LogP contribution is 2.16. The number of benzene rings is 1. The van der Waals surface area contributed by atoms with Gasteiger partial charge in [0.2, 0.25) is 0 Å². The second kappa shape index (κ2) is 9.84. The van der Waals surface area contributed by atoms with Crippen molar-refractivity contribution >= 4 is 23.6 Å². The molecule has 1 aliphatic heterocycles. The van der Waals surface area contributed by atoms with Gasteiger partial charge < -0.3 is 25.6 Å². The molecule has 0 aliphatic carbocycles. The predicted molar refractivity (Wildman–Crippen MR) is 101 cm³/mol. The van der Waals surface area contributed by atoms with Crippen molar-refractivity contribution in [3.05, 3.63) is 41.4 Å². The van der Waals surface area contributed by atoms with Gasteiger partial charge in [-0.2, -0.15) is 0 Å². The summed E-state index contributed by atoms with van der Waals surface area (Å²) in [6, 6.07) is 4.78. The Kier molecular flexibility index (Phi) is 7.51. The molecule has 1 aliphatic rings. The lowest BCUT2D eigenvalue weighted by molar-refractivity contribution is -0.866. The van der Waals surface area contributed by atoms with Crippen molar-refractivity contribution in [2.24, 2.45) is 0 Å². The third kappa shape index (κ3) is 5.78. The van der Waals surface area contributed by atoms with E-state index in [9.17, 15) is 18.8 Å². The van der Waals surface area contributed by atoms with E-state index in [-0.39, 0.29) is 25.6 Å². The monoisotopic (exact) mass is 393 g/mol. The van der Waals surface area contributed by atoms with Crippen LogP contribution in [0.4, 0.5) is 14.9 Å². The molecule has 9 heteroatoms. The van der Waals surface area contributed by atoms with Gasteiger partial charge in [-0.15, -0.1) is 0 Å². The summed E-state index contributed by atoms with van der Waals surface area (Å²) in [6.07, 6.45) is 0.532. The van der Waals surface area contributed by atoms with Crippen LogP contribution in [0.25, 0.3) is 0 Å².